The van der Waals surface area contributed by atoms with E-state index in [1.807, 2.05) is 7.05 Å². The third-order valence-corrected chi connectivity index (χ3v) is 3.12. The van der Waals surface area contributed by atoms with Crippen LogP contribution in [0.5, 0.6) is 0 Å². The maximum atomic E-state index is 5.84. The van der Waals surface area contributed by atoms with Gasteiger partial charge in [-0.1, -0.05) is 0 Å². The Morgan fingerprint density at radius 1 is 1.33 bits per heavy atom. The van der Waals surface area contributed by atoms with E-state index >= 15 is 0 Å². The lowest BCUT2D eigenvalue weighted by Gasteiger charge is -2.14. The standard InChI is InChI=1S/C11H14N4/c1-15-11-8(10(12)14-15)6-7-4-2-3-5-9(7)13-11/h6H,2-5H2,1H3,(H2,12,14). The minimum Gasteiger partial charge on any atom is -0.382 e. The number of aryl methyl sites for hydroxylation is 3. The molecule has 2 N–H and O–H groups in total. The first-order valence-corrected chi connectivity index (χ1v) is 5.36. The summed E-state index contributed by atoms with van der Waals surface area (Å²) in [4.78, 5) is 4.66. The molecule has 1 aliphatic carbocycles. The van der Waals surface area contributed by atoms with Gasteiger partial charge in [0.15, 0.2) is 11.5 Å². The van der Waals surface area contributed by atoms with Crippen LogP contribution >= 0.6 is 0 Å². The third-order valence-electron chi connectivity index (χ3n) is 3.12. The van der Waals surface area contributed by atoms with Gasteiger partial charge in [-0.25, -0.2) is 9.67 Å². The highest BCUT2D eigenvalue weighted by molar-refractivity contribution is 5.87. The summed E-state index contributed by atoms with van der Waals surface area (Å²) >= 11 is 0. The topological polar surface area (TPSA) is 56.7 Å². The van der Waals surface area contributed by atoms with Gasteiger partial charge in [-0.15, -0.1) is 0 Å². The summed E-state index contributed by atoms with van der Waals surface area (Å²) in [5.74, 6) is 0.591. The lowest BCUT2D eigenvalue weighted by Crippen LogP contribution is -2.06. The molecule has 0 radical (unpaired) electrons. The van der Waals surface area contributed by atoms with Crippen molar-refractivity contribution in [2.75, 3.05) is 5.73 Å². The van der Waals surface area contributed by atoms with Gasteiger partial charge < -0.3 is 5.73 Å². The predicted molar refractivity (Wildman–Crippen MR) is 59.6 cm³/mol. The molecule has 0 unspecified atom stereocenters. The Balaban J connectivity index is 2.32. The highest BCUT2D eigenvalue weighted by Crippen LogP contribution is 2.26. The van der Waals surface area contributed by atoms with Crippen molar-refractivity contribution < 1.29 is 0 Å². The van der Waals surface area contributed by atoms with E-state index < -0.39 is 0 Å². The van der Waals surface area contributed by atoms with Gasteiger partial charge in [0, 0.05) is 12.7 Å². The van der Waals surface area contributed by atoms with Crippen LogP contribution in [-0.4, -0.2) is 14.8 Å². The number of nitrogen functional groups attached to an aromatic ring is 1. The number of fused-ring (bicyclic) bond motifs is 2. The zero-order chi connectivity index (χ0) is 10.4. The van der Waals surface area contributed by atoms with Crippen molar-refractivity contribution in [3.63, 3.8) is 0 Å². The molecular weight excluding hydrogens is 188 g/mol. The quantitative estimate of drug-likeness (QED) is 0.703. The Kier molecular flexibility index (Phi) is 1.71. The SMILES string of the molecule is Cn1nc(N)c2cc3c(nc21)CCCC3. The van der Waals surface area contributed by atoms with Crippen LogP contribution in [0.2, 0.25) is 0 Å². The van der Waals surface area contributed by atoms with Crippen molar-refractivity contribution in [3.8, 4) is 0 Å². The second-order valence-corrected chi connectivity index (χ2v) is 4.18. The van der Waals surface area contributed by atoms with Crippen LogP contribution in [0.3, 0.4) is 0 Å². The average Bonchev–Trinajstić information content (AvgIpc) is 2.52. The monoisotopic (exact) mass is 202 g/mol. The molecule has 0 fully saturated rings. The summed E-state index contributed by atoms with van der Waals surface area (Å²) < 4.78 is 1.76. The molecule has 4 nitrogen and oxygen atoms in total. The van der Waals surface area contributed by atoms with E-state index in [1.54, 1.807) is 4.68 Å². The van der Waals surface area contributed by atoms with Crippen LogP contribution in [0.1, 0.15) is 24.1 Å². The fourth-order valence-electron chi connectivity index (χ4n) is 2.32. The smallest absolute Gasteiger partial charge is 0.159 e. The number of aromatic nitrogens is 3. The van der Waals surface area contributed by atoms with Crippen LogP contribution in [0.4, 0.5) is 5.82 Å². The molecule has 2 aromatic heterocycles. The summed E-state index contributed by atoms with van der Waals surface area (Å²) in [7, 11) is 1.89. The van der Waals surface area contributed by atoms with E-state index in [0.29, 0.717) is 5.82 Å². The van der Waals surface area contributed by atoms with Crippen molar-refractivity contribution in [2.24, 2.45) is 7.05 Å². The molecule has 2 heterocycles. The van der Waals surface area contributed by atoms with Crippen molar-refractivity contribution in [1.29, 1.82) is 0 Å². The molecule has 1 aliphatic rings. The molecule has 0 aliphatic heterocycles. The molecule has 78 valence electrons. The van der Waals surface area contributed by atoms with Gasteiger partial charge in [-0.2, -0.15) is 5.10 Å². The highest BCUT2D eigenvalue weighted by Gasteiger charge is 2.15. The van der Waals surface area contributed by atoms with E-state index in [9.17, 15) is 0 Å². The third kappa shape index (κ3) is 1.21. The van der Waals surface area contributed by atoms with Crippen LogP contribution in [0, 0.1) is 0 Å². The molecule has 0 aromatic carbocycles. The number of rotatable bonds is 0. The summed E-state index contributed by atoms with van der Waals surface area (Å²) in [6.45, 7) is 0. The highest BCUT2D eigenvalue weighted by atomic mass is 15.3. The first kappa shape index (κ1) is 8.71. The molecule has 0 saturated carbocycles. The number of nitrogens with zero attached hydrogens (tertiary/aromatic N) is 3. The number of anilines is 1. The normalized spacial score (nSPS) is 15.5. The van der Waals surface area contributed by atoms with Gasteiger partial charge in [0.25, 0.3) is 0 Å². The zero-order valence-corrected chi connectivity index (χ0v) is 8.82. The van der Waals surface area contributed by atoms with Gasteiger partial charge in [0.2, 0.25) is 0 Å². The fourth-order valence-corrected chi connectivity index (χ4v) is 2.32. The van der Waals surface area contributed by atoms with Gasteiger partial charge >= 0.3 is 0 Å². The van der Waals surface area contributed by atoms with Gasteiger partial charge in [-0.3, -0.25) is 0 Å². The van der Waals surface area contributed by atoms with E-state index in [2.05, 4.69) is 16.1 Å². The number of hydrogen-bond donors (Lipinski definition) is 1. The van der Waals surface area contributed by atoms with Gasteiger partial charge in [0.1, 0.15) is 0 Å². The molecular formula is C11H14N4. The summed E-state index contributed by atoms with van der Waals surface area (Å²) in [5.41, 5.74) is 9.34. The van der Waals surface area contributed by atoms with Gasteiger partial charge in [0.05, 0.1) is 5.39 Å². The summed E-state index contributed by atoms with van der Waals surface area (Å²) in [5, 5.41) is 5.19. The fraction of sp³-hybridized carbons (Fsp3) is 0.455. The van der Waals surface area contributed by atoms with E-state index in [0.717, 1.165) is 23.9 Å². The van der Waals surface area contributed by atoms with E-state index in [-0.39, 0.29) is 0 Å². The molecule has 4 heteroatoms. The summed E-state index contributed by atoms with van der Waals surface area (Å²) in [6.07, 6.45) is 4.74. The van der Waals surface area contributed by atoms with Crippen molar-refractivity contribution in [3.05, 3.63) is 17.3 Å². The molecule has 0 saturated heterocycles. The van der Waals surface area contributed by atoms with Crippen LogP contribution in [0.15, 0.2) is 6.07 Å². The lowest BCUT2D eigenvalue weighted by molar-refractivity contribution is 0.668. The Morgan fingerprint density at radius 2 is 2.13 bits per heavy atom. The van der Waals surface area contributed by atoms with E-state index in [1.165, 1.54) is 24.1 Å². The Bertz CT molecular complexity index is 481. The first-order valence-electron chi connectivity index (χ1n) is 5.36. The Morgan fingerprint density at radius 3 is 3.00 bits per heavy atom. The molecule has 0 amide bonds. The zero-order valence-electron chi connectivity index (χ0n) is 8.82. The Labute approximate surface area is 88.1 Å². The minimum atomic E-state index is 0.591. The largest absolute Gasteiger partial charge is 0.382 e. The minimum absolute atomic E-state index is 0.591. The molecule has 2 aromatic rings. The second kappa shape index (κ2) is 2.95. The van der Waals surface area contributed by atoms with Gasteiger partial charge in [-0.05, 0) is 37.3 Å². The maximum absolute atomic E-state index is 5.84. The number of pyridine rings is 1. The maximum Gasteiger partial charge on any atom is 0.159 e. The van der Waals surface area contributed by atoms with E-state index in [4.69, 9.17) is 5.73 Å². The summed E-state index contributed by atoms with van der Waals surface area (Å²) in [6, 6.07) is 2.17. The molecule has 0 atom stereocenters. The number of hydrogen-bond acceptors (Lipinski definition) is 3. The molecule has 0 spiro atoms. The second-order valence-electron chi connectivity index (χ2n) is 4.18. The average molecular weight is 202 g/mol. The first-order chi connectivity index (χ1) is 7.25. The van der Waals surface area contributed by atoms with Crippen LogP contribution < -0.4 is 5.73 Å². The lowest BCUT2D eigenvalue weighted by atomic mass is 9.95. The van der Waals surface area contributed by atoms with Crippen molar-refractivity contribution in [2.45, 2.75) is 25.7 Å². The van der Waals surface area contributed by atoms with Crippen LogP contribution in [0.25, 0.3) is 11.0 Å². The molecule has 3 rings (SSSR count). The predicted octanol–water partition coefficient (Wildman–Crippen LogP) is 1.43. The van der Waals surface area contributed by atoms with Crippen LogP contribution in [-0.2, 0) is 19.9 Å². The molecule has 0 bridgehead atoms. The Hall–Kier alpha value is -1.58. The molecule has 15 heavy (non-hydrogen) atoms. The van der Waals surface area contributed by atoms with Crippen molar-refractivity contribution >= 4 is 16.9 Å². The number of nitrogens with two attached hydrogens (primary N) is 1. The van der Waals surface area contributed by atoms with Crippen molar-refractivity contribution in [1.82, 2.24) is 14.8 Å².